The zero-order valence-electron chi connectivity index (χ0n) is 9.58. The minimum atomic E-state index is -1.05. The van der Waals surface area contributed by atoms with Gasteiger partial charge in [-0.2, -0.15) is 0 Å². The zero-order valence-corrected chi connectivity index (χ0v) is 12.0. The van der Waals surface area contributed by atoms with E-state index in [1.165, 1.54) is 12.1 Å². The number of thiocarbonyl (C=S) groups is 1. The van der Waals surface area contributed by atoms with E-state index in [0.29, 0.717) is 5.69 Å². The van der Waals surface area contributed by atoms with Crippen LogP contribution in [0, 0.1) is 11.6 Å². The Bertz CT molecular complexity index is 647. The highest BCUT2D eigenvalue weighted by molar-refractivity contribution is 9.10. The summed E-state index contributed by atoms with van der Waals surface area (Å²) >= 11 is 7.96. The van der Waals surface area contributed by atoms with Crippen molar-refractivity contribution < 1.29 is 8.78 Å². The molecule has 0 amide bonds. The molecule has 0 aromatic heterocycles. The Balaban J connectivity index is 2.40. The first kappa shape index (κ1) is 13.9. The highest BCUT2D eigenvalue weighted by Crippen LogP contribution is 2.28. The van der Waals surface area contributed by atoms with Gasteiger partial charge in [0.25, 0.3) is 0 Å². The molecular weight excluding hydrogens is 334 g/mol. The second-order valence-electron chi connectivity index (χ2n) is 3.76. The van der Waals surface area contributed by atoms with E-state index in [4.69, 9.17) is 5.73 Å². The van der Waals surface area contributed by atoms with Gasteiger partial charge in [0, 0.05) is 10.0 Å². The van der Waals surface area contributed by atoms with Gasteiger partial charge in [0.05, 0.1) is 11.4 Å². The first-order valence-electron chi connectivity index (χ1n) is 5.30. The molecule has 0 radical (unpaired) electrons. The average Bonchev–Trinajstić information content (AvgIpc) is 2.37. The van der Waals surface area contributed by atoms with Crippen molar-refractivity contribution >= 4 is 44.5 Å². The number of benzene rings is 2. The Morgan fingerprint density at radius 2 is 1.74 bits per heavy atom. The molecule has 3 N–H and O–H groups in total. The van der Waals surface area contributed by atoms with Gasteiger partial charge in [-0.05, 0) is 40.2 Å². The quantitative estimate of drug-likeness (QED) is 0.824. The number of rotatable bonds is 3. The third-order valence-corrected chi connectivity index (χ3v) is 3.40. The van der Waals surface area contributed by atoms with Gasteiger partial charge in [-0.25, -0.2) is 8.78 Å². The molecule has 6 heteroatoms. The lowest BCUT2D eigenvalue weighted by Crippen LogP contribution is -2.13. The lowest BCUT2D eigenvalue weighted by Gasteiger charge is -2.11. The summed E-state index contributed by atoms with van der Waals surface area (Å²) in [5.74, 6) is -2.06. The van der Waals surface area contributed by atoms with Crippen LogP contribution in [-0.2, 0) is 0 Å². The van der Waals surface area contributed by atoms with Crippen LogP contribution in [0.3, 0.4) is 0 Å². The molecule has 0 unspecified atom stereocenters. The van der Waals surface area contributed by atoms with E-state index in [0.717, 1.165) is 4.47 Å². The monoisotopic (exact) mass is 342 g/mol. The van der Waals surface area contributed by atoms with Crippen LogP contribution in [0.2, 0.25) is 0 Å². The van der Waals surface area contributed by atoms with Crippen molar-refractivity contribution in [2.45, 2.75) is 0 Å². The fourth-order valence-corrected chi connectivity index (χ4v) is 2.09. The van der Waals surface area contributed by atoms with Crippen molar-refractivity contribution in [3.05, 3.63) is 58.1 Å². The fraction of sp³-hybridized carbons (Fsp3) is 0. The van der Waals surface area contributed by atoms with Crippen LogP contribution < -0.4 is 11.1 Å². The van der Waals surface area contributed by atoms with Gasteiger partial charge in [0.15, 0.2) is 11.6 Å². The number of nitrogens with one attached hydrogen (secondary N) is 1. The molecule has 0 bridgehead atoms. The average molecular weight is 343 g/mol. The van der Waals surface area contributed by atoms with Crippen molar-refractivity contribution in [3.8, 4) is 0 Å². The predicted molar refractivity (Wildman–Crippen MR) is 79.7 cm³/mol. The molecule has 2 rings (SSSR count). The van der Waals surface area contributed by atoms with E-state index in [1.807, 2.05) is 6.07 Å². The van der Waals surface area contributed by atoms with Crippen molar-refractivity contribution in [2.75, 3.05) is 5.32 Å². The normalized spacial score (nSPS) is 10.3. The second-order valence-corrected chi connectivity index (χ2v) is 5.05. The summed E-state index contributed by atoms with van der Waals surface area (Å²) in [6.07, 6.45) is 0. The number of halogens is 3. The molecule has 0 saturated heterocycles. The van der Waals surface area contributed by atoms with E-state index in [9.17, 15) is 8.78 Å². The zero-order chi connectivity index (χ0) is 14.0. The highest BCUT2D eigenvalue weighted by atomic mass is 79.9. The standard InChI is InChI=1S/C13H9BrF2N2S/c14-8-3-1-2-4-9(8)18-10-6-5-7(13(17)19)11(15)12(10)16/h1-6,18H,(H2,17,19). The van der Waals surface area contributed by atoms with Gasteiger partial charge in [-0.15, -0.1) is 0 Å². The van der Waals surface area contributed by atoms with Crippen LogP contribution in [0.25, 0.3) is 0 Å². The maximum absolute atomic E-state index is 13.9. The molecule has 0 aliphatic rings. The van der Waals surface area contributed by atoms with Gasteiger partial charge in [-0.1, -0.05) is 24.4 Å². The first-order chi connectivity index (χ1) is 9.00. The molecule has 0 saturated carbocycles. The number of para-hydroxylation sites is 1. The molecule has 0 heterocycles. The minimum Gasteiger partial charge on any atom is -0.389 e. The van der Waals surface area contributed by atoms with Crippen molar-refractivity contribution in [3.63, 3.8) is 0 Å². The Morgan fingerprint density at radius 3 is 2.37 bits per heavy atom. The second kappa shape index (κ2) is 5.63. The Kier molecular flexibility index (Phi) is 4.11. The summed E-state index contributed by atoms with van der Waals surface area (Å²) in [6.45, 7) is 0. The lowest BCUT2D eigenvalue weighted by molar-refractivity contribution is 0.510. The smallest absolute Gasteiger partial charge is 0.182 e. The highest BCUT2D eigenvalue weighted by Gasteiger charge is 2.15. The number of hydrogen-bond acceptors (Lipinski definition) is 2. The fourth-order valence-electron chi connectivity index (χ4n) is 1.54. The summed E-state index contributed by atoms with van der Waals surface area (Å²) in [6, 6.07) is 9.88. The number of nitrogens with two attached hydrogens (primary N) is 1. The van der Waals surface area contributed by atoms with E-state index < -0.39 is 11.6 Å². The molecule has 98 valence electrons. The van der Waals surface area contributed by atoms with Crippen molar-refractivity contribution in [2.24, 2.45) is 5.73 Å². The number of anilines is 2. The van der Waals surface area contributed by atoms with Crippen LogP contribution in [-0.4, -0.2) is 4.99 Å². The van der Waals surface area contributed by atoms with E-state index >= 15 is 0 Å². The summed E-state index contributed by atoms with van der Waals surface area (Å²) in [5, 5.41) is 2.80. The molecule has 0 spiro atoms. The number of hydrogen-bond donors (Lipinski definition) is 2. The van der Waals surface area contributed by atoms with E-state index in [-0.39, 0.29) is 16.2 Å². The van der Waals surface area contributed by atoms with Gasteiger partial charge in [0.1, 0.15) is 4.99 Å². The maximum Gasteiger partial charge on any atom is 0.182 e. The van der Waals surface area contributed by atoms with Gasteiger partial charge < -0.3 is 11.1 Å². The van der Waals surface area contributed by atoms with Crippen LogP contribution in [0.4, 0.5) is 20.2 Å². The summed E-state index contributed by atoms with van der Waals surface area (Å²) in [7, 11) is 0. The molecule has 19 heavy (non-hydrogen) atoms. The van der Waals surface area contributed by atoms with Crippen LogP contribution in [0.15, 0.2) is 40.9 Å². The van der Waals surface area contributed by atoms with Crippen molar-refractivity contribution in [1.29, 1.82) is 0 Å². The topological polar surface area (TPSA) is 38.0 Å². The SMILES string of the molecule is NC(=S)c1ccc(Nc2ccccc2Br)c(F)c1F. The summed E-state index contributed by atoms with van der Waals surface area (Å²) in [5.41, 5.74) is 5.85. The van der Waals surface area contributed by atoms with E-state index in [1.54, 1.807) is 18.2 Å². The Hall–Kier alpha value is -1.53. The lowest BCUT2D eigenvalue weighted by atomic mass is 10.1. The Morgan fingerprint density at radius 1 is 1.05 bits per heavy atom. The molecule has 0 fully saturated rings. The molecular formula is C13H9BrF2N2S. The summed E-state index contributed by atoms with van der Waals surface area (Å²) < 4.78 is 28.3. The van der Waals surface area contributed by atoms with E-state index in [2.05, 4.69) is 33.5 Å². The summed E-state index contributed by atoms with van der Waals surface area (Å²) in [4.78, 5) is -0.177. The van der Waals surface area contributed by atoms with Gasteiger partial charge in [-0.3, -0.25) is 0 Å². The molecule has 0 aliphatic heterocycles. The van der Waals surface area contributed by atoms with Crippen molar-refractivity contribution in [1.82, 2.24) is 0 Å². The maximum atomic E-state index is 13.9. The predicted octanol–water partition coefficient (Wildman–Crippen LogP) is 4.11. The largest absolute Gasteiger partial charge is 0.389 e. The Labute approximate surface area is 122 Å². The molecule has 0 atom stereocenters. The molecule has 0 aliphatic carbocycles. The van der Waals surface area contributed by atoms with Crippen LogP contribution in [0.5, 0.6) is 0 Å². The van der Waals surface area contributed by atoms with Crippen LogP contribution in [0.1, 0.15) is 5.56 Å². The van der Waals surface area contributed by atoms with Gasteiger partial charge in [0.2, 0.25) is 0 Å². The minimum absolute atomic E-state index is 0.0180. The third-order valence-electron chi connectivity index (χ3n) is 2.49. The first-order valence-corrected chi connectivity index (χ1v) is 6.50. The van der Waals surface area contributed by atoms with Gasteiger partial charge >= 0.3 is 0 Å². The molecule has 2 aromatic carbocycles. The molecule has 2 aromatic rings. The third kappa shape index (κ3) is 2.90. The van der Waals surface area contributed by atoms with Crippen LogP contribution >= 0.6 is 28.1 Å². The molecule has 2 nitrogen and oxygen atoms in total.